The molecule has 4 saturated heterocycles. The average Bonchev–Trinajstić information content (AvgIpc) is 3.17. The van der Waals surface area contributed by atoms with Gasteiger partial charge in [-0.05, 0) is 81.1 Å². The van der Waals surface area contributed by atoms with E-state index >= 15 is 0 Å². The van der Waals surface area contributed by atoms with E-state index in [9.17, 15) is 29.6 Å². The second-order valence-electron chi connectivity index (χ2n) is 13.8. The fraction of sp³-hybridized carbons (Fsp3) is 0.846. The lowest BCUT2D eigenvalue weighted by molar-refractivity contribution is -0.251. The number of nitrogens with zero attached hydrogens (tertiary/aromatic N) is 4. The van der Waals surface area contributed by atoms with Crippen molar-refractivity contribution in [2.45, 2.75) is 128 Å². The molecule has 2 N–H and O–H groups in total. The zero-order valence-corrected chi connectivity index (χ0v) is 22.9. The molecule has 0 bridgehead atoms. The molecule has 0 radical (unpaired) electrons. The van der Waals surface area contributed by atoms with Crippen LogP contribution in [0.3, 0.4) is 0 Å². The summed E-state index contributed by atoms with van der Waals surface area (Å²) in [5.41, 5.74) is -2.55. The van der Waals surface area contributed by atoms with Crippen LogP contribution < -0.4 is 0 Å². The molecule has 36 heavy (non-hydrogen) atoms. The molecule has 4 rings (SSSR count). The van der Waals surface area contributed by atoms with Crippen LogP contribution in [0.1, 0.15) is 93.9 Å². The molecule has 2 atom stereocenters. The molecule has 0 aromatic rings. The number of carbonyl (C=O) groups excluding carboxylic acids is 4. The van der Waals surface area contributed by atoms with Gasteiger partial charge in [-0.3, -0.25) is 29.0 Å². The third kappa shape index (κ3) is 4.19. The van der Waals surface area contributed by atoms with Gasteiger partial charge in [0, 0.05) is 47.1 Å². The zero-order valence-electron chi connectivity index (χ0n) is 22.9. The van der Waals surface area contributed by atoms with Gasteiger partial charge in [0.05, 0.1) is 11.8 Å². The normalized spacial score (nSPS) is 33.7. The van der Waals surface area contributed by atoms with Crippen LogP contribution in [0.5, 0.6) is 0 Å². The maximum atomic E-state index is 13.6. The first kappa shape index (κ1) is 27.2. The Labute approximate surface area is 213 Å². The summed E-state index contributed by atoms with van der Waals surface area (Å²) in [7, 11) is 0. The van der Waals surface area contributed by atoms with Crippen molar-refractivity contribution in [1.29, 1.82) is 0 Å². The first-order chi connectivity index (χ1) is 16.3. The van der Waals surface area contributed by atoms with E-state index in [1.165, 1.54) is 19.9 Å². The highest BCUT2D eigenvalue weighted by atomic mass is 16.5. The summed E-state index contributed by atoms with van der Waals surface area (Å²) in [6.45, 7) is 15.0. The van der Waals surface area contributed by atoms with Gasteiger partial charge in [-0.25, -0.2) is 0 Å². The van der Waals surface area contributed by atoms with E-state index in [0.29, 0.717) is 25.7 Å². The molecule has 4 aliphatic heterocycles. The molecule has 2 unspecified atom stereocenters. The summed E-state index contributed by atoms with van der Waals surface area (Å²) in [6.07, 6.45) is 1.52. The molecule has 0 aromatic heterocycles. The van der Waals surface area contributed by atoms with Crippen molar-refractivity contribution in [1.82, 2.24) is 19.9 Å². The minimum Gasteiger partial charge on any atom is -0.313 e. The molecule has 0 aliphatic carbocycles. The third-order valence-corrected chi connectivity index (χ3v) is 8.89. The number of carbonyl (C=O) groups is 4. The predicted octanol–water partition coefficient (Wildman–Crippen LogP) is 2.56. The third-order valence-electron chi connectivity index (χ3n) is 8.89. The lowest BCUT2D eigenvalue weighted by atomic mass is 9.78. The first-order valence-corrected chi connectivity index (χ1v) is 13.0. The standard InChI is InChI=1S/C26H42N4O6/c1-23(2)11-15(12-24(3,4)29(23)35)27-19(31)9-17(21(27)33)18-10-20(32)28(22(18)34)16-13-25(5,6)30(36)26(7,8)14-16/h15-18,35-36H,9-14H2,1-8H3. The molecule has 10 nitrogen and oxygen atoms in total. The highest BCUT2D eigenvalue weighted by molar-refractivity contribution is 6.10. The molecule has 4 aliphatic rings. The number of amides is 4. The van der Waals surface area contributed by atoms with E-state index in [1.807, 2.05) is 55.4 Å². The van der Waals surface area contributed by atoms with Crippen LogP contribution in [0.2, 0.25) is 0 Å². The highest BCUT2D eigenvalue weighted by Crippen LogP contribution is 2.45. The molecule has 4 amide bonds. The smallest absolute Gasteiger partial charge is 0.233 e. The SMILES string of the molecule is CC1(C)CC(N2C(=O)CC(C3CC(=O)N(C4CC(C)(C)N(O)C(C)(C)C4)C3=O)C2=O)CC(C)(C)N1O. The topological polar surface area (TPSA) is 122 Å². The maximum Gasteiger partial charge on any atom is 0.233 e. The number of rotatable bonds is 3. The summed E-state index contributed by atoms with van der Waals surface area (Å²) in [4.78, 5) is 56.0. The maximum absolute atomic E-state index is 13.6. The minimum absolute atomic E-state index is 0.0807. The molecule has 4 fully saturated rings. The van der Waals surface area contributed by atoms with Gasteiger partial charge in [-0.2, -0.15) is 10.1 Å². The van der Waals surface area contributed by atoms with Crippen LogP contribution in [-0.2, 0) is 19.2 Å². The van der Waals surface area contributed by atoms with Crippen molar-refractivity contribution < 1.29 is 29.6 Å². The van der Waals surface area contributed by atoms with E-state index in [4.69, 9.17) is 0 Å². The fourth-order valence-corrected chi connectivity index (χ4v) is 7.55. The fourth-order valence-electron chi connectivity index (χ4n) is 7.55. The second kappa shape index (κ2) is 8.31. The van der Waals surface area contributed by atoms with Gasteiger partial charge >= 0.3 is 0 Å². The Bertz CT molecular complexity index is 875. The predicted molar refractivity (Wildman–Crippen MR) is 130 cm³/mol. The molecule has 0 saturated carbocycles. The Morgan fingerprint density at radius 3 is 1.06 bits per heavy atom. The summed E-state index contributed by atoms with van der Waals surface area (Å²) < 4.78 is 0. The summed E-state index contributed by atoms with van der Waals surface area (Å²) in [5.74, 6) is -3.11. The number of hydrogen-bond acceptors (Lipinski definition) is 8. The van der Waals surface area contributed by atoms with Crippen molar-refractivity contribution in [2.24, 2.45) is 11.8 Å². The average molecular weight is 507 g/mol. The number of hydrogen-bond donors (Lipinski definition) is 2. The van der Waals surface area contributed by atoms with E-state index in [1.54, 1.807) is 0 Å². The van der Waals surface area contributed by atoms with Crippen molar-refractivity contribution in [3.8, 4) is 0 Å². The van der Waals surface area contributed by atoms with E-state index < -0.39 is 34.0 Å². The van der Waals surface area contributed by atoms with E-state index in [-0.39, 0.29) is 48.6 Å². The van der Waals surface area contributed by atoms with Gasteiger partial charge in [-0.1, -0.05) is 0 Å². The molecule has 0 aromatic carbocycles. The van der Waals surface area contributed by atoms with Crippen molar-refractivity contribution in [2.75, 3.05) is 0 Å². The zero-order chi connectivity index (χ0) is 27.2. The van der Waals surface area contributed by atoms with Gasteiger partial charge in [0.25, 0.3) is 0 Å². The van der Waals surface area contributed by atoms with Crippen molar-refractivity contribution in [3.63, 3.8) is 0 Å². The first-order valence-electron chi connectivity index (χ1n) is 13.0. The monoisotopic (exact) mass is 506 g/mol. The number of hydroxylamine groups is 4. The highest BCUT2D eigenvalue weighted by Gasteiger charge is 2.58. The quantitative estimate of drug-likeness (QED) is 0.560. The van der Waals surface area contributed by atoms with Crippen LogP contribution in [0.4, 0.5) is 0 Å². The van der Waals surface area contributed by atoms with Crippen LogP contribution >= 0.6 is 0 Å². The summed E-state index contributed by atoms with van der Waals surface area (Å²) in [6, 6.07) is -0.774. The largest absolute Gasteiger partial charge is 0.313 e. The van der Waals surface area contributed by atoms with Crippen LogP contribution in [0.15, 0.2) is 0 Å². The van der Waals surface area contributed by atoms with Gasteiger partial charge in [0.1, 0.15) is 0 Å². The van der Waals surface area contributed by atoms with Crippen molar-refractivity contribution >= 4 is 23.6 Å². The van der Waals surface area contributed by atoms with Crippen LogP contribution in [0, 0.1) is 11.8 Å². The lowest BCUT2D eigenvalue weighted by Gasteiger charge is -2.53. The molecular formula is C26H42N4O6. The minimum atomic E-state index is -0.851. The van der Waals surface area contributed by atoms with E-state index in [2.05, 4.69) is 0 Å². The Balaban J connectivity index is 1.54. The Kier molecular flexibility index (Phi) is 6.27. The van der Waals surface area contributed by atoms with Crippen LogP contribution in [-0.4, -0.2) is 88.2 Å². The van der Waals surface area contributed by atoms with Crippen LogP contribution in [0.25, 0.3) is 0 Å². The molecule has 4 heterocycles. The summed E-state index contributed by atoms with van der Waals surface area (Å²) in [5, 5.41) is 23.9. The number of imide groups is 2. The number of likely N-dealkylation sites (tertiary alicyclic amines) is 2. The summed E-state index contributed by atoms with van der Waals surface area (Å²) >= 11 is 0. The number of piperidine rings is 2. The molecule has 202 valence electrons. The van der Waals surface area contributed by atoms with Gasteiger partial charge in [0.2, 0.25) is 23.6 Å². The Morgan fingerprint density at radius 1 is 0.556 bits per heavy atom. The second-order valence-corrected chi connectivity index (χ2v) is 13.8. The molecule has 0 spiro atoms. The lowest BCUT2D eigenvalue weighted by Crippen LogP contribution is -2.63. The van der Waals surface area contributed by atoms with Gasteiger partial charge in [-0.15, -0.1) is 0 Å². The van der Waals surface area contributed by atoms with E-state index in [0.717, 1.165) is 0 Å². The van der Waals surface area contributed by atoms with Crippen molar-refractivity contribution in [3.05, 3.63) is 0 Å². The molecular weight excluding hydrogens is 464 g/mol. The Morgan fingerprint density at radius 2 is 0.806 bits per heavy atom. The van der Waals surface area contributed by atoms with Gasteiger partial charge in [0.15, 0.2) is 0 Å². The Hall–Kier alpha value is -1.88. The van der Waals surface area contributed by atoms with Gasteiger partial charge < -0.3 is 10.4 Å². The molecule has 10 heteroatoms.